The molecule has 1 aliphatic rings. The van der Waals surface area contributed by atoms with Gasteiger partial charge in [-0.25, -0.2) is 0 Å². The number of piperazine rings is 1. The summed E-state index contributed by atoms with van der Waals surface area (Å²) in [7, 11) is 0. The molecule has 0 aromatic rings. The average Bonchev–Trinajstić information content (AvgIpc) is 2.28. The maximum Gasteiger partial charge on any atom is 0.312 e. The minimum atomic E-state index is -0.396. The first kappa shape index (κ1) is 13.9. The van der Waals surface area contributed by atoms with Gasteiger partial charge in [0.25, 0.3) is 0 Å². The number of hydrogen-bond donors (Lipinski definition) is 1. The van der Waals surface area contributed by atoms with Gasteiger partial charge in [0.1, 0.15) is 0 Å². The lowest BCUT2D eigenvalue weighted by atomic mass is 10.2. The minimum Gasteiger partial charge on any atom is -0.393 e. The zero-order valence-corrected chi connectivity index (χ0v) is 11.0. The topological polar surface area (TPSA) is 66.6 Å². The molecule has 6 heteroatoms. The van der Waals surface area contributed by atoms with Crippen LogP contribution >= 0.6 is 12.2 Å². The number of carbonyl (C=O) groups is 2. The van der Waals surface area contributed by atoms with Crippen molar-refractivity contribution < 1.29 is 9.59 Å². The van der Waals surface area contributed by atoms with Crippen molar-refractivity contribution in [1.82, 2.24) is 9.80 Å². The third-order valence-electron chi connectivity index (χ3n) is 2.74. The molecule has 1 aliphatic heterocycles. The van der Waals surface area contributed by atoms with Crippen LogP contribution in [0.4, 0.5) is 0 Å². The van der Waals surface area contributed by atoms with Gasteiger partial charge in [-0.3, -0.25) is 9.59 Å². The van der Waals surface area contributed by atoms with Crippen molar-refractivity contribution in [3.8, 4) is 0 Å². The van der Waals surface area contributed by atoms with Crippen LogP contribution in [-0.4, -0.2) is 52.8 Å². The van der Waals surface area contributed by atoms with Crippen LogP contribution in [0, 0.1) is 0 Å². The van der Waals surface area contributed by atoms with Crippen LogP contribution in [0.15, 0.2) is 0 Å². The highest BCUT2D eigenvalue weighted by atomic mass is 32.1. The molecule has 0 saturated carbocycles. The fourth-order valence-electron chi connectivity index (χ4n) is 1.86. The molecular formula is C11H19N3O2S. The molecule has 0 spiro atoms. The first-order valence-corrected chi connectivity index (χ1v) is 6.33. The number of amides is 2. The van der Waals surface area contributed by atoms with E-state index >= 15 is 0 Å². The van der Waals surface area contributed by atoms with Crippen molar-refractivity contribution in [1.29, 1.82) is 0 Å². The molecule has 0 radical (unpaired) electrons. The maximum atomic E-state index is 11.8. The predicted molar refractivity (Wildman–Crippen MR) is 69.5 cm³/mol. The van der Waals surface area contributed by atoms with Crippen molar-refractivity contribution in [2.24, 2.45) is 5.73 Å². The van der Waals surface area contributed by atoms with Crippen LogP contribution in [0.5, 0.6) is 0 Å². The largest absolute Gasteiger partial charge is 0.393 e. The van der Waals surface area contributed by atoms with Gasteiger partial charge in [-0.2, -0.15) is 0 Å². The molecule has 0 aliphatic carbocycles. The Balaban J connectivity index is 2.42. The summed E-state index contributed by atoms with van der Waals surface area (Å²) in [5, 5.41) is 0. The average molecular weight is 257 g/mol. The molecule has 96 valence electrons. The summed E-state index contributed by atoms with van der Waals surface area (Å²) in [6.07, 6.45) is 2.22. The van der Waals surface area contributed by atoms with Gasteiger partial charge in [-0.1, -0.05) is 19.1 Å². The molecule has 0 aromatic heterocycles. The van der Waals surface area contributed by atoms with Crippen molar-refractivity contribution in [3.63, 3.8) is 0 Å². The molecular weight excluding hydrogens is 238 g/mol. The highest BCUT2D eigenvalue weighted by molar-refractivity contribution is 7.80. The Hall–Kier alpha value is -1.17. The molecule has 1 rings (SSSR count). The molecule has 0 aromatic carbocycles. The molecule has 0 bridgehead atoms. The summed E-state index contributed by atoms with van der Waals surface area (Å²) in [5.74, 6) is -0.777. The van der Waals surface area contributed by atoms with Crippen LogP contribution in [0.2, 0.25) is 0 Å². The third kappa shape index (κ3) is 3.96. The van der Waals surface area contributed by atoms with Crippen molar-refractivity contribution in [2.75, 3.05) is 26.2 Å². The van der Waals surface area contributed by atoms with E-state index in [1.807, 2.05) is 6.92 Å². The molecule has 5 nitrogen and oxygen atoms in total. The SMILES string of the molecule is CCCN1CCN(CCCC(N)=S)C(=O)C1=O. The minimum absolute atomic E-state index is 0.381. The second kappa shape index (κ2) is 6.54. The van der Waals surface area contributed by atoms with Crippen molar-refractivity contribution in [2.45, 2.75) is 26.2 Å². The zero-order valence-electron chi connectivity index (χ0n) is 10.1. The van der Waals surface area contributed by atoms with Gasteiger partial charge in [-0.05, 0) is 19.3 Å². The molecule has 2 N–H and O–H groups in total. The Labute approximate surface area is 107 Å². The summed E-state index contributed by atoms with van der Waals surface area (Å²) >= 11 is 4.77. The molecule has 1 fully saturated rings. The van der Waals surface area contributed by atoms with Gasteiger partial charge in [-0.15, -0.1) is 0 Å². The number of nitrogens with two attached hydrogens (primary N) is 1. The fourth-order valence-corrected chi connectivity index (χ4v) is 2.00. The van der Waals surface area contributed by atoms with E-state index in [1.165, 1.54) is 0 Å². The number of carbonyl (C=O) groups excluding carboxylic acids is 2. The maximum absolute atomic E-state index is 11.8. The van der Waals surface area contributed by atoms with Gasteiger partial charge < -0.3 is 15.5 Å². The lowest BCUT2D eigenvalue weighted by molar-refractivity contribution is -0.156. The fraction of sp³-hybridized carbons (Fsp3) is 0.727. The Kier molecular flexibility index (Phi) is 5.34. The molecule has 0 unspecified atom stereocenters. The molecule has 1 saturated heterocycles. The summed E-state index contributed by atoms with van der Waals surface area (Å²) < 4.78 is 0. The number of thiocarbonyl (C=S) groups is 1. The second-order valence-electron chi connectivity index (χ2n) is 4.15. The second-order valence-corrected chi connectivity index (χ2v) is 4.68. The van der Waals surface area contributed by atoms with E-state index in [0.29, 0.717) is 37.6 Å². The highest BCUT2D eigenvalue weighted by Crippen LogP contribution is 2.07. The van der Waals surface area contributed by atoms with E-state index in [0.717, 1.165) is 12.8 Å². The van der Waals surface area contributed by atoms with E-state index in [-0.39, 0.29) is 5.91 Å². The zero-order chi connectivity index (χ0) is 12.8. The van der Waals surface area contributed by atoms with E-state index < -0.39 is 5.91 Å². The predicted octanol–water partition coefficient (Wildman–Crippen LogP) is 0.134. The van der Waals surface area contributed by atoms with Gasteiger partial charge in [0.05, 0.1) is 4.99 Å². The smallest absolute Gasteiger partial charge is 0.312 e. The summed E-state index contributed by atoms with van der Waals surface area (Å²) in [5.41, 5.74) is 5.38. The van der Waals surface area contributed by atoms with Crippen LogP contribution in [-0.2, 0) is 9.59 Å². The standard InChI is InChI=1S/C11H19N3O2S/c1-2-5-13-7-8-14(11(16)10(13)15)6-3-4-9(12)17/h2-8H2,1H3,(H2,12,17). The van der Waals surface area contributed by atoms with Crippen LogP contribution in [0.3, 0.4) is 0 Å². The van der Waals surface area contributed by atoms with Crippen molar-refractivity contribution >= 4 is 29.0 Å². The lowest BCUT2D eigenvalue weighted by Gasteiger charge is -2.33. The molecule has 0 atom stereocenters. The van der Waals surface area contributed by atoms with Crippen LogP contribution in [0.1, 0.15) is 26.2 Å². The van der Waals surface area contributed by atoms with Crippen molar-refractivity contribution in [3.05, 3.63) is 0 Å². The molecule has 2 amide bonds. The summed E-state index contributed by atoms with van der Waals surface area (Å²) in [6, 6.07) is 0. The Bertz CT molecular complexity index is 320. The van der Waals surface area contributed by atoms with Gasteiger partial charge in [0.2, 0.25) is 0 Å². The normalized spacial score (nSPS) is 16.5. The van der Waals surface area contributed by atoms with E-state index in [1.54, 1.807) is 9.80 Å². The van der Waals surface area contributed by atoms with Crippen LogP contribution in [0.25, 0.3) is 0 Å². The Morgan fingerprint density at radius 3 is 2.24 bits per heavy atom. The van der Waals surface area contributed by atoms with Gasteiger partial charge in [0, 0.05) is 26.2 Å². The number of nitrogens with zero attached hydrogens (tertiary/aromatic N) is 2. The highest BCUT2D eigenvalue weighted by Gasteiger charge is 2.31. The number of rotatable bonds is 6. The van der Waals surface area contributed by atoms with Gasteiger partial charge in [0.15, 0.2) is 0 Å². The first-order chi connectivity index (χ1) is 8.06. The lowest BCUT2D eigenvalue weighted by Crippen LogP contribution is -2.54. The number of hydrogen-bond acceptors (Lipinski definition) is 3. The monoisotopic (exact) mass is 257 g/mol. The van der Waals surface area contributed by atoms with E-state index in [4.69, 9.17) is 18.0 Å². The first-order valence-electron chi connectivity index (χ1n) is 5.92. The Morgan fingerprint density at radius 2 is 1.76 bits per heavy atom. The third-order valence-corrected chi connectivity index (χ3v) is 2.95. The van der Waals surface area contributed by atoms with E-state index in [2.05, 4.69) is 0 Å². The van der Waals surface area contributed by atoms with Crippen LogP contribution < -0.4 is 5.73 Å². The molecule has 1 heterocycles. The Morgan fingerprint density at radius 1 is 1.24 bits per heavy atom. The van der Waals surface area contributed by atoms with Gasteiger partial charge >= 0.3 is 11.8 Å². The quantitative estimate of drug-likeness (QED) is 0.543. The summed E-state index contributed by atoms with van der Waals surface area (Å²) in [6.45, 7) is 4.45. The summed E-state index contributed by atoms with van der Waals surface area (Å²) in [4.78, 5) is 27.1. The molecule has 17 heavy (non-hydrogen) atoms. The van der Waals surface area contributed by atoms with E-state index in [9.17, 15) is 9.59 Å².